The summed E-state index contributed by atoms with van der Waals surface area (Å²) in [7, 11) is 1.65. The van der Waals surface area contributed by atoms with Gasteiger partial charge in [0.15, 0.2) is 6.29 Å². The SMILES string of the molecule is CCC(C)(CC)C(O)C(CCCCNC(=O)CCOC(C)(C)COC(C)(C)COC)NC(O)CCCC(O)OC1CCC2C3CCC4CC(O)CCC4(C)C3CCC12C. The number of amides is 1. The summed E-state index contributed by atoms with van der Waals surface area (Å²) in [5.74, 6) is 2.68. The Labute approximate surface area is 359 Å². The normalized spacial score (nSPS) is 32.1. The summed E-state index contributed by atoms with van der Waals surface area (Å²) in [5.41, 5.74) is -0.809. The zero-order valence-electron chi connectivity index (χ0n) is 39.2. The van der Waals surface area contributed by atoms with E-state index in [1.54, 1.807) is 7.11 Å². The van der Waals surface area contributed by atoms with Gasteiger partial charge in [-0.2, -0.15) is 0 Å². The molecule has 12 unspecified atom stereocenters. The van der Waals surface area contributed by atoms with Crippen LogP contribution in [0.5, 0.6) is 0 Å². The Morgan fingerprint density at radius 3 is 2.17 bits per heavy atom. The van der Waals surface area contributed by atoms with Crippen molar-refractivity contribution in [2.45, 2.75) is 226 Å². The van der Waals surface area contributed by atoms with E-state index in [-0.39, 0.29) is 41.4 Å². The van der Waals surface area contributed by atoms with Crippen molar-refractivity contribution in [2.24, 2.45) is 39.9 Å². The van der Waals surface area contributed by atoms with Crippen LogP contribution in [0, 0.1) is 39.9 Å². The molecule has 4 saturated carbocycles. The molecular formula is C48H90N2O9. The minimum Gasteiger partial charge on any atom is -0.393 e. The molecule has 4 fully saturated rings. The highest BCUT2D eigenvalue weighted by Gasteiger charge is 2.60. The van der Waals surface area contributed by atoms with Crippen molar-refractivity contribution in [2.75, 3.05) is 33.5 Å². The highest BCUT2D eigenvalue weighted by molar-refractivity contribution is 5.75. The Kier molecular flexibility index (Phi) is 19.0. The number of hydrogen-bond acceptors (Lipinski definition) is 10. The molecule has 0 spiro atoms. The van der Waals surface area contributed by atoms with Gasteiger partial charge < -0.3 is 44.7 Å². The molecule has 11 nitrogen and oxygen atoms in total. The lowest BCUT2D eigenvalue weighted by molar-refractivity contribution is -0.190. The van der Waals surface area contributed by atoms with Gasteiger partial charge >= 0.3 is 0 Å². The first-order valence-electron chi connectivity index (χ1n) is 23.9. The number of aliphatic hydroxyl groups is 4. The summed E-state index contributed by atoms with van der Waals surface area (Å²) in [4.78, 5) is 12.6. The molecule has 4 aliphatic rings. The number of carbonyl (C=O) groups excluding carboxylic acids is 1. The molecule has 0 aromatic heterocycles. The Morgan fingerprint density at radius 2 is 1.47 bits per heavy atom. The first-order chi connectivity index (χ1) is 27.7. The minimum atomic E-state index is -0.862. The minimum absolute atomic E-state index is 0.0556. The number of rotatable bonds is 26. The maximum atomic E-state index is 12.6. The number of fused-ring (bicyclic) bond motifs is 5. The molecule has 346 valence electrons. The van der Waals surface area contributed by atoms with Crippen LogP contribution in [0.1, 0.15) is 178 Å². The Balaban J connectivity index is 1.17. The number of hydrogen-bond donors (Lipinski definition) is 6. The highest BCUT2D eigenvalue weighted by atomic mass is 16.6. The molecule has 6 N–H and O–H groups in total. The third kappa shape index (κ3) is 13.6. The molecule has 0 bridgehead atoms. The van der Waals surface area contributed by atoms with E-state index < -0.39 is 29.8 Å². The summed E-state index contributed by atoms with van der Waals surface area (Å²) < 4.78 is 23.6. The van der Waals surface area contributed by atoms with Gasteiger partial charge in [-0.15, -0.1) is 0 Å². The average molecular weight is 839 g/mol. The molecule has 4 aliphatic carbocycles. The molecule has 11 heteroatoms. The van der Waals surface area contributed by atoms with Crippen LogP contribution in [0.15, 0.2) is 0 Å². The van der Waals surface area contributed by atoms with E-state index in [1.807, 2.05) is 27.7 Å². The molecule has 59 heavy (non-hydrogen) atoms. The summed E-state index contributed by atoms with van der Waals surface area (Å²) >= 11 is 0. The quantitative estimate of drug-likeness (QED) is 0.0378. The van der Waals surface area contributed by atoms with Crippen LogP contribution in [0.3, 0.4) is 0 Å². The first kappa shape index (κ1) is 50.8. The summed E-state index contributed by atoms with van der Waals surface area (Å²) in [6, 6.07) is -0.306. The van der Waals surface area contributed by atoms with E-state index in [0.717, 1.165) is 69.6 Å². The fourth-order valence-corrected chi connectivity index (χ4v) is 12.0. The van der Waals surface area contributed by atoms with Crippen LogP contribution < -0.4 is 10.6 Å². The second-order valence-corrected chi connectivity index (χ2v) is 21.5. The lowest BCUT2D eigenvalue weighted by Gasteiger charge is -2.60. The van der Waals surface area contributed by atoms with Gasteiger partial charge in [0.2, 0.25) is 5.91 Å². The number of aliphatic hydroxyl groups excluding tert-OH is 4. The third-order valence-corrected chi connectivity index (χ3v) is 16.3. The van der Waals surface area contributed by atoms with Crippen molar-refractivity contribution in [1.29, 1.82) is 0 Å². The van der Waals surface area contributed by atoms with Gasteiger partial charge in [0.05, 0.1) is 49.3 Å². The standard InChI is InChI=1S/C48H90N2O9/c1-11-46(7,12-2)43(55)38(16-13-14-28-49-40(52)25-29-57-45(5,6)32-58-44(3,4)31-56-10)50-41(53)17-15-18-42(54)59-39-22-21-36-35-20-19-33-30-34(51)23-26-47(33,8)37(35)24-27-48(36,39)9/h33-39,41-43,50-51,53-55H,11-32H2,1-10H3,(H,49,52). The number of carbonyl (C=O) groups is 1. The summed E-state index contributed by atoms with van der Waals surface area (Å²) in [5, 5.41) is 50.7. The van der Waals surface area contributed by atoms with E-state index in [2.05, 4.69) is 45.3 Å². The van der Waals surface area contributed by atoms with Gasteiger partial charge in [-0.05, 0) is 170 Å². The zero-order valence-corrected chi connectivity index (χ0v) is 39.2. The van der Waals surface area contributed by atoms with Gasteiger partial charge in [-0.1, -0.05) is 41.0 Å². The fraction of sp³-hybridized carbons (Fsp3) is 0.979. The highest BCUT2D eigenvalue weighted by Crippen LogP contribution is 2.66. The van der Waals surface area contributed by atoms with Crippen LogP contribution in [0.4, 0.5) is 0 Å². The zero-order chi connectivity index (χ0) is 43.6. The van der Waals surface area contributed by atoms with Crippen LogP contribution in [-0.2, 0) is 23.7 Å². The number of ether oxygens (including phenoxy) is 4. The van der Waals surface area contributed by atoms with Gasteiger partial charge in [-0.25, -0.2) is 0 Å². The van der Waals surface area contributed by atoms with Gasteiger partial charge in [0.1, 0.15) is 6.23 Å². The third-order valence-electron chi connectivity index (χ3n) is 16.3. The molecular weight excluding hydrogens is 749 g/mol. The Hall–Kier alpha value is -0.890. The summed E-state index contributed by atoms with van der Waals surface area (Å²) in [6.07, 6.45) is 13.4. The van der Waals surface area contributed by atoms with E-state index in [0.29, 0.717) is 69.3 Å². The van der Waals surface area contributed by atoms with E-state index in [1.165, 1.54) is 25.7 Å². The average Bonchev–Trinajstić information content (AvgIpc) is 3.51. The molecule has 0 aliphatic heterocycles. The number of unbranched alkanes of at least 4 members (excludes halogenated alkanes) is 1. The van der Waals surface area contributed by atoms with Crippen LogP contribution in [-0.4, -0.2) is 108 Å². The second-order valence-electron chi connectivity index (χ2n) is 21.5. The lowest BCUT2D eigenvalue weighted by Crippen LogP contribution is -2.54. The molecule has 12 atom stereocenters. The van der Waals surface area contributed by atoms with Crippen molar-refractivity contribution in [3.05, 3.63) is 0 Å². The molecule has 0 saturated heterocycles. The van der Waals surface area contributed by atoms with E-state index in [4.69, 9.17) is 18.9 Å². The molecule has 0 aromatic rings. The molecule has 0 heterocycles. The fourth-order valence-electron chi connectivity index (χ4n) is 12.0. The first-order valence-corrected chi connectivity index (χ1v) is 23.9. The predicted molar refractivity (Wildman–Crippen MR) is 234 cm³/mol. The Morgan fingerprint density at radius 1 is 0.797 bits per heavy atom. The van der Waals surface area contributed by atoms with Gasteiger partial charge in [0, 0.05) is 26.1 Å². The largest absolute Gasteiger partial charge is 0.393 e. The second kappa shape index (κ2) is 22.1. The smallest absolute Gasteiger partial charge is 0.222 e. The van der Waals surface area contributed by atoms with Crippen molar-refractivity contribution >= 4 is 5.91 Å². The molecule has 1 amide bonds. The lowest BCUT2D eigenvalue weighted by atomic mass is 9.45. The number of nitrogens with one attached hydrogen (secondary N) is 2. The molecule has 0 radical (unpaired) electrons. The van der Waals surface area contributed by atoms with Crippen LogP contribution >= 0.6 is 0 Å². The maximum Gasteiger partial charge on any atom is 0.222 e. The van der Waals surface area contributed by atoms with Gasteiger partial charge in [-0.3, -0.25) is 10.1 Å². The monoisotopic (exact) mass is 839 g/mol. The van der Waals surface area contributed by atoms with E-state index >= 15 is 0 Å². The Bertz CT molecular complexity index is 1260. The van der Waals surface area contributed by atoms with Crippen molar-refractivity contribution in [1.82, 2.24) is 10.6 Å². The summed E-state index contributed by atoms with van der Waals surface area (Å²) in [6.45, 7) is 20.8. The van der Waals surface area contributed by atoms with Crippen molar-refractivity contribution in [3.8, 4) is 0 Å². The topological polar surface area (TPSA) is 159 Å². The van der Waals surface area contributed by atoms with Crippen LogP contribution in [0.25, 0.3) is 0 Å². The van der Waals surface area contributed by atoms with Crippen LogP contribution in [0.2, 0.25) is 0 Å². The molecule has 4 rings (SSSR count). The predicted octanol–water partition coefficient (Wildman–Crippen LogP) is 7.64. The number of methoxy groups -OCH3 is 1. The maximum absolute atomic E-state index is 12.6. The van der Waals surface area contributed by atoms with Crippen molar-refractivity contribution in [3.63, 3.8) is 0 Å². The van der Waals surface area contributed by atoms with Gasteiger partial charge in [0.25, 0.3) is 0 Å². The molecule has 0 aromatic carbocycles. The van der Waals surface area contributed by atoms with Crippen molar-refractivity contribution < 1.29 is 44.2 Å². The van der Waals surface area contributed by atoms with E-state index in [9.17, 15) is 25.2 Å².